The summed E-state index contributed by atoms with van der Waals surface area (Å²) in [6.07, 6.45) is 0.180. The summed E-state index contributed by atoms with van der Waals surface area (Å²) in [6, 6.07) is 7.41. The van der Waals surface area contributed by atoms with Crippen molar-refractivity contribution < 1.29 is 9.53 Å². The SMILES string of the molecule is CCOC(=O)Cc1csc2nc(-c3ccccc3Cl)nn12. The minimum absolute atomic E-state index is 0.180. The molecule has 0 saturated heterocycles. The minimum atomic E-state index is -0.271. The number of esters is 1. The van der Waals surface area contributed by atoms with E-state index in [-0.39, 0.29) is 12.4 Å². The van der Waals surface area contributed by atoms with Crippen LogP contribution in [0.2, 0.25) is 5.02 Å². The molecule has 1 aromatic carbocycles. The zero-order chi connectivity index (χ0) is 14.8. The third kappa shape index (κ3) is 2.77. The summed E-state index contributed by atoms with van der Waals surface area (Å²) in [5.41, 5.74) is 1.54. The van der Waals surface area contributed by atoms with E-state index in [1.54, 1.807) is 17.5 Å². The fourth-order valence-electron chi connectivity index (χ4n) is 1.96. The molecule has 0 atom stereocenters. The van der Waals surface area contributed by atoms with Crippen LogP contribution in [0.15, 0.2) is 29.6 Å². The van der Waals surface area contributed by atoms with E-state index in [4.69, 9.17) is 16.3 Å². The predicted molar refractivity (Wildman–Crippen MR) is 81.6 cm³/mol. The molecule has 0 unspecified atom stereocenters. The zero-order valence-electron chi connectivity index (χ0n) is 11.2. The molecule has 0 aliphatic carbocycles. The van der Waals surface area contributed by atoms with Gasteiger partial charge in [-0.05, 0) is 19.1 Å². The van der Waals surface area contributed by atoms with Gasteiger partial charge < -0.3 is 4.74 Å². The summed E-state index contributed by atoms with van der Waals surface area (Å²) in [7, 11) is 0. The van der Waals surface area contributed by atoms with E-state index >= 15 is 0 Å². The topological polar surface area (TPSA) is 56.5 Å². The summed E-state index contributed by atoms with van der Waals surface area (Å²) in [4.78, 5) is 16.8. The van der Waals surface area contributed by atoms with Crippen LogP contribution in [0.5, 0.6) is 0 Å². The van der Waals surface area contributed by atoms with Crippen molar-refractivity contribution in [3.8, 4) is 11.4 Å². The quantitative estimate of drug-likeness (QED) is 0.692. The molecule has 0 amide bonds. The molecule has 0 radical (unpaired) electrons. The van der Waals surface area contributed by atoms with Gasteiger partial charge >= 0.3 is 5.97 Å². The molecule has 108 valence electrons. The van der Waals surface area contributed by atoms with Gasteiger partial charge in [0.2, 0.25) is 4.96 Å². The Morgan fingerprint density at radius 2 is 2.24 bits per heavy atom. The van der Waals surface area contributed by atoms with Crippen molar-refractivity contribution in [1.29, 1.82) is 0 Å². The van der Waals surface area contributed by atoms with Crippen LogP contribution in [0, 0.1) is 0 Å². The van der Waals surface area contributed by atoms with Crippen molar-refractivity contribution in [3.05, 3.63) is 40.4 Å². The van der Waals surface area contributed by atoms with E-state index in [1.165, 1.54) is 11.3 Å². The first-order valence-electron chi connectivity index (χ1n) is 6.42. The van der Waals surface area contributed by atoms with E-state index in [1.807, 2.05) is 23.6 Å². The Labute approximate surface area is 130 Å². The lowest BCUT2D eigenvalue weighted by molar-refractivity contribution is -0.142. The lowest BCUT2D eigenvalue weighted by Gasteiger charge is -2.00. The highest BCUT2D eigenvalue weighted by atomic mass is 35.5. The first kappa shape index (κ1) is 14.0. The van der Waals surface area contributed by atoms with Gasteiger partial charge in [0, 0.05) is 10.9 Å². The summed E-state index contributed by atoms with van der Waals surface area (Å²) in [6.45, 7) is 2.15. The maximum atomic E-state index is 11.6. The van der Waals surface area contributed by atoms with Gasteiger partial charge in [-0.25, -0.2) is 4.52 Å². The molecule has 0 N–H and O–H groups in total. The lowest BCUT2D eigenvalue weighted by atomic mass is 10.2. The summed E-state index contributed by atoms with van der Waals surface area (Å²) in [5.74, 6) is 0.282. The molecule has 5 nitrogen and oxygen atoms in total. The summed E-state index contributed by atoms with van der Waals surface area (Å²) in [5, 5.41) is 6.90. The Morgan fingerprint density at radius 1 is 1.43 bits per heavy atom. The number of aromatic nitrogens is 3. The number of hydrogen-bond acceptors (Lipinski definition) is 5. The van der Waals surface area contributed by atoms with Crippen LogP contribution < -0.4 is 0 Å². The Balaban J connectivity index is 1.96. The second-order valence-electron chi connectivity index (χ2n) is 4.32. The number of benzene rings is 1. The van der Waals surface area contributed by atoms with Crippen molar-refractivity contribution in [2.75, 3.05) is 6.61 Å². The van der Waals surface area contributed by atoms with Gasteiger partial charge in [-0.15, -0.1) is 16.4 Å². The van der Waals surface area contributed by atoms with Gasteiger partial charge in [0.25, 0.3) is 0 Å². The molecule has 2 aromatic heterocycles. The molecule has 0 spiro atoms. The van der Waals surface area contributed by atoms with Crippen molar-refractivity contribution in [2.45, 2.75) is 13.3 Å². The Kier molecular flexibility index (Phi) is 3.90. The molecule has 0 bridgehead atoms. The normalized spacial score (nSPS) is 11.0. The number of rotatable bonds is 4. The highest BCUT2D eigenvalue weighted by Gasteiger charge is 2.15. The van der Waals surface area contributed by atoms with Crippen LogP contribution in [-0.4, -0.2) is 27.2 Å². The molecule has 2 heterocycles. The second kappa shape index (κ2) is 5.83. The van der Waals surface area contributed by atoms with Gasteiger partial charge in [0.15, 0.2) is 5.82 Å². The number of carbonyl (C=O) groups is 1. The fraction of sp³-hybridized carbons (Fsp3) is 0.214. The van der Waals surface area contributed by atoms with Gasteiger partial charge in [-0.1, -0.05) is 23.7 Å². The molecule has 3 rings (SSSR count). The maximum Gasteiger partial charge on any atom is 0.311 e. The van der Waals surface area contributed by atoms with Gasteiger partial charge in [0.05, 0.1) is 23.7 Å². The Morgan fingerprint density at radius 3 is 3.00 bits per heavy atom. The van der Waals surface area contributed by atoms with Crippen molar-refractivity contribution >= 4 is 33.9 Å². The van der Waals surface area contributed by atoms with Crippen molar-refractivity contribution in [3.63, 3.8) is 0 Å². The molecular formula is C14H12ClN3O2S. The van der Waals surface area contributed by atoms with Crippen LogP contribution >= 0.6 is 22.9 Å². The Hall–Kier alpha value is -1.92. The molecule has 0 saturated carbocycles. The number of ether oxygens (including phenoxy) is 1. The van der Waals surface area contributed by atoms with Crippen LogP contribution in [0.3, 0.4) is 0 Å². The number of nitrogens with zero attached hydrogens (tertiary/aromatic N) is 3. The largest absolute Gasteiger partial charge is 0.466 e. The van der Waals surface area contributed by atoms with Crippen LogP contribution in [0.25, 0.3) is 16.3 Å². The summed E-state index contributed by atoms with van der Waals surface area (Å²) >= 11 is 7.59. The molecular weight excluding hydrogens is 310 g/mol. The molecule has 7 heteroatoms. The number of carbonyl (C=O) groups excluding carboxylic acids is 1. The number of halogens is 1. The van der Waals surface area contributed by atoms with Crippen LogP contribution in [0.1, 0.15) is 12.6 Å². The van der Waals surface area contributed by atoms with Crippen molar-refractivity contribution in [1.82, 2.24) is 14.6 Å². The average Bonchev–Trinajstić information content (AvgIpc) is 3.02. The lowest BCUT2D eigenvalue weighted by Crippen LogP contribution is -2.09. The third-order valence-corrected chi connectivity index (χ3v) is 4.09. The van der Waals surface area contributed by atoms with E-state index in [9.17, 15) is 4.79 Å². The van der Waals surface area contributed by atoms with E-state index in [0.717, 1.165) is 16.2 Å². The van der Waals surface area contributed by atoms with E-state index < -0.39 is 0 Å². The smallest absolute Gasteiger partial charge is 0.311 e. The first-order chi connectivity index (χ1) is 10.2. The summed E-state index contributed by atoms with van der Waals surface area (Å²) < 4.78 is 6.62. The van der Waals surface area contributed by atoms with Crippen LogP contribution in [0.4, 0.5) is 0 Å². The van der Waals surface area contributed by atoms with E-state index in [2.05, 4.69) is 10.1 Å². The van der Waals surface area contributed by atoms with Gasteiger partial charge in [-0.2, -0.15) is 4.98 Å². The number of hydrogen-bond donors (Lipinski definition) is 0. The highest BCUT2D eigenvalue weighted by Crippen LogP contribution is 2.26. The van der Waals surface area contributed by atoms with Crippen LogP contribution in [-0.2, 0) is 16.0 Å². The highest BCUT2D eigenvalue weighted by molar-refractivity contribution is 7.15. The molecule has 3 aromatic rings. The molecule has 0 aliphatic heterocycles. The Bertz CT molecular complexity index is 796. The monoisotopic (exact) mass is 321 g/mol. The second-order valence-corrected chi connectivity index (χ2v) is 5.56. The van der Waals surface area contributed by atoms with E-state index in [0.29, 0.717) is 17.5 Å². The number of thiazole rings is 1. The molecule has 0 aliphatic rings. The molecule has 21 heavy (non-hydrogen) atoms. The average molecular weight is 322 g/mol. The van der Waals surface area contributed by atoms with Gasteiger partial charge in [0.1, 0.15) is 0 Å². The maximum absolute atomic E-state index is 11.6. The molecule has 0 fully saturated rings. The first-order valence-corrected chi connectivity index (χ1v) is 7.68. The third-order valence-electron chi connectivity index (χ3n) is 2.90. The fourth-order valence-corrected chi connectivity index (χ4v) is 3.01. The predicted octanol–water partition coefficient (Wildman–Crippen LogP) is 3.22. The number of fused-ring (bicyclic) bond motifs is 1. The van der Waals surface area contributed by atoms with Crippen molar-refractivity contribution in [2.24, 2.45) is 0 Å². The minimum Gasteiger partial charge on any atom is -0.466 e. The standard InChI is InChI=1S/C14H12ClN3O2S/c1-2-20-12(19)7-9-8-21-14-16-13(17-18(9)14)10-5-3-4-6-11(10)15/h3-6,8H,2,7H2,1H3. The van der Waals surface area contributed by atoms with Gasteiger partial charge in [-0.3, -0.25) is 4.79 Å². The zero-order valence-corrected chi connectivity index (χ0v) is 12.8.